The lowest BCUT2D eigenvalue weighted by Crippen LogP contribution is -2.20. The first-order valence-corrected chi connectivity index (χ1v) is 13.9. The molecule has 4 rings (SSSR count). The molecule has 41 heavy (non-hydrogen) atoms. The number of benzene rings is 3. The van der Waals surface area contributed by atoms with Gasteiger partial charge in [0.05, 0.1) is 24.1 Å². The number of hydrogen-bond donors (Lipinski definition) is 3. The monoisotopic (exact) mass is 689 g/mol. The van der Waals surface area contributed by atoms with E-state index in [4.69, 9.17) is 19.6 Å². The second-order valence-electron chi connectivity index (χ2n) is 9.23. The minimum absolute atomic E-state index is 0. The molecule has 11 heteroatoms. The summed E-state index contributed by atoms with van der Waals surface area (Å²) in [7, 11) is 3.15. The van der Waals surface area contributed by atoms with Crippen LogP contribution in [0.25, 0.3) is 33.1 Å². The Hall–Kier alpha value is -2.04. The minimum atomic E-state index is -0.178. The highest BCUT2D eigenvalue weighted by molar-refractivity contribution is 9.10. The number of fused-ring (bicyclic) bond motifs is 2. The summed E-state index contributed by atoms with van der Waals surface area (Å²) in [6.45, 7) is 4.28. The molecule has 0 amide bonds. The zero-order valence-corrected chi connectivity index (χ0v) is 27.3. The molecule has 0 saturated carbocycles. The van der Waals surface area contributed by atoms with Crippen LogP contribution in [0.3, 0.4) is 0 Å². The van der Waals surface area contributed by atoms with Gasteiger partial charge in [-0.2, -0.15) is 0 Å². The summed E-state index contributed by atoms with van der Waals surface area (Å²) in [6.07, 6.45) is 4.36. The van der Waals surface area contributed by atoms with Crippen LogP contribution in [0.15, 0.2) is 62.2 Å². The molecular weight excluding hydrogens is 653 g/mol. The van der Waals surface area contributed by atoms with Gasteiger partial charge in [0.25, 0.3) is 0 Å². The molecule has 0 aliphatic carbocycles. The van der Waals surface area contributed by atoms with Crippen LogP contribution < -0.4 is 31.3 Å². The molecule has 0 radical (unpaired) electrons. The lowest BCUT2D eigenvalue weighted by Gasteiger charge is -2.13. The molecule has 3 aromatic carbocycles. The Labute approximate surface area is 268 Å². The number of nitrogens with one attached hydrogen (secondary N) is 2. The van der Waals surface area contributed by atoms with Crippen LogP contribution in [0.2, 0.25) is 0 Å². The van der Waals surface area contributed by atoms with Gasteiger partial charge in [-0.1, -0.05) is 30.3 Å². The van der Waals surface area contributed by atoms with Gasteiger partial charge in [0.2, 0.25) is 11.2 Å². The van der Waals surface area contributed by atoms with Crippen LogP contribution in [0.4, 0.5) is 0 Å². The molecule has 1 heterocycles. The van der Waals surface area contributed by atoms with Gasteiger partial charge >= 0.3 is 0 Å². The first kappa shape index (κ1) is 37.0. The number of methoxy groups -OCH3 is 2. The van der Waals surface area contributed by atoms with Crippen LogP contribution in [-0.2, 0) is 6.54 Å². The maximum Gasteiger partial charge on any atom is 0.235 e. The highest BCUT2D eigenvalue weighted by Gasteiger charge is 2.19. The van der Waals surface area contributed by atoms with E-state index in [1.807, 2.05) is 42.5 Å². The van der Waals surface area contributed by atoms with Crippen LogP contribution in [-0.4, -0.2) is 40.4 Å². The van der Waals surface area contributed by atoms with Gasteiger partial charge in [-0.25, -0.2) is 0 Å². The fraction of sp³-hybridized carbons (Fsp3) is 0.367. The van der Waals surface area contributed by atoms with Crippen molar-refractivity contribution < 1.29 is 13.9 Å². The fourth-order valence-corrected chi connectivity index (χ4v) is 5.24. The van der Waals surface area contributed by atoms with E-state index in [2.05, 4.69) is 26.6 Å². The summed E-state index contributed by atoms with van der Waals surface area (Å²) in [5.41, 5.74) is 7.64. The highest BCUT2D eigenvalue weighted by Crippen LogP contribution is 2.37. The summed E-state index contributed by atoms with van der Waals surface area (Å²) < 4.78 is 18.3. The normalized spacial score (nSPS) is 10.5. The van der Waals surface area contributed by atoms with Crippen LogP contribution in [0, 0.1) is 0 Å². The van der Waals surface area contributed by atoms with E-state index in [0.29, 0.717) is 23.3 Å². The first-order chi connectivity index (χ1) is 18.6. The molecule has 7 nitrogen and oxygen atoms in total. The van der Waals surface area contributed by atoms with Crippen molar-refractivity contribution in [3.63, 3.8) is 0 Å². The predicted molar refractivity (Wildman–Crippen MR) is 180 cm³/mol. The number of para-hydroxylation sites is 1. The van der Waals surface area contributed by atoms with Gasteiger partial charge in [-0.15, -0.1) is 37.2 Å². The third-order valence-electron chi connectivity index (χ3n) is 6.64. The molecule has 1 aromatic heterocycles. The smallest absolute Gasteiger partial charge is 0.235 e. The minimum Gasteiger partial charge on any atom is -0.496 e. The summed E-state index contributed by atoms with van der Waals surface area (Å²) in [4.78, 5) is 13.4. The lowest BCUT2D eigenvalue weighted by molar-refractivity contribution is 0.398. The standard InChI is InChI=1S/C30H36BrN3O4.3ClH/c1-36-25-13-11-20-18-21(10-12-23(20)26(25)31)29-30(37-2)27(35)24-9-7-8-22(28(24)38-29)19-34-17-6-5-16-33-15-4-3-14-32;;;/h7-13,18,33-34H,3-6,14-17,19,32H2,1-2H3;3*1H. The van der Waals surface area contributed by atoms with Crippen molar-refractivity contribution in [2.45, 2.75) is 32.2 Å². The SMILES string of the molecule is COc1ccc2cc(-c3oc4c(CNCCCCNCCCCN)cccc4c(=O)c3OC)ccc2c1Br.Cl.Cl.Cl. The largest absolute Gasteiger partial charge is 0.496 e. The van der Waals surface area contributed by atoms with Gasteiger partial charge in [0.1, 0.15) is 11.3 Å². The fourth-order valence-electron chi connectivity index (χ4n) is 4.59. The molecule has 0 atom stereocenters. The summed E-state index contributed by atoms with van der Waals surface area (Å²) >= 11 is 3.62. The number of unbranched alkanes of at least 4 members (excludes halogenated alkanes) is 2. The van der Waals surface area contributed by atoms with Gasteiger partial charge < -0.3 is 30.3 Å². The Morgan fingerprint density at radius 3 is 2.24 bits per heavy atom. The van der Waals surface area contributed by atoms with Crippen molar-refractivity contribution in [3.8, 4) is 22.8 Å². The molecule has 4 aromatic rings. The number of halogens is 4. The highest BCUT2D eigenvalue weighted by atomic mass is 79.9. The van der Waals surface area contributed by atoms with E-state index in [1.165, 1.54) is 7.11 Å². The number of rotatable bonds is 14. The molecule has 226 valence electrons. The zero-order valence-electron chi connectivity index (χ0n) is 23.3. The Balaban J connectivity index is 0.00000280. The van der Waals surface area contributed by atoms with Crippen molar-refractivity contribution in [3.05, 3.63) is 68.8 Å². The van der Waals surface area contributed by atoms with Crippen LogP contribution in [0.5, 0.6) is 11.5 Å². The summed E-state index contributed by atoms with van der Waals surface area (Å²) in [5.74, 6) is 1.39. The van der Waals surface area contributed by atoms with E-state index in [1.54, 1.807) is 13.2 Å². The molecule has 0 saturated heterocycles. The quantitative estimate of drug-likeness (QED) is 0.124. The van der Waals surface area contributed by atoms with Crippen molar-refractivity contribution in [2.24, 2.45) is 5.73 Å². The second kappa shape index (κ2) is 18.5. The second-order valence-corrected chi connectivity index (χ2v) is 10.0. The predicted octanol–water partition coefficient (Wildman–Crippen LogP) is 6.86. The van der Waals surface area contributed by atoms with E-state index in [0.717, 1.165) is 84.0 Å². The van der Waals surface area contributed by atoms with Gasteiger partial charge in [0.15, 0.2) is 5.76 Å². The van der Waals surface area contributed by atoms with Crippen molar-refractivity contribution in [1.82, 2.24) is 10.6 Å². The molecule has 0 aliphatic rings. The Morgan fingerprint density at radius 2 is 1.56 bits per heavy atom. The number of ether oxygens (including phenoxy) is 2. The third-order valence-corrected chi connectivity index (χ3v) is 7.46. The van der Waals surface area contributed by atoms with Crippen molar-refractivity contribution >= 4 is 74.9 Å². The number of hydrogen-bond acceptors (Lipinski definition) is 7. The average molecular weight is 692 g/mol. The molecule has 0 aliphatic heterocycles. The Morgan fingerprint density at radius 1 is 0.854 bits per heavy atom. The Kier molecular flexibility index (Phi) is 16.7. The number of nitrogens with two attached hydrogens (primary N) is 1. The van der Waals surface area contributed by atoms with Gasteiger partial charge in [-0.3, -0.25) is 4.79 Å². The summed E-state index contributed by atoms with van der Waals surface area (Å²) in [5, 5.41) is 9.47. The van der Waals surface area contributed by atoms with E-state index < -0.39 is 0 Å². The maximum absolute atomic E-state index is 13.4. The molecule has 0 spiro atoms. The molecule has 0 bridgehead atoms. The summed E-state index contributed by atoms with van der Waals surface area (Å²) in [6, 6.07) is 15.5. The zero-order chi connectivity index (χ0) is 26.9. The van der Waals surface area contributed by atoms with Crippen LogP contribution in [0.1, 0.15) is 31.2 Å². The van der Waals surface area contributed by atoms with E-state index in [9.17, 15) is 4.79 Å². The molecule has 0 fully saturated rings. The van der Waals surface area contributed by atoms with Gasteiger partial charge in [-0.05, 0) is 96.8 Å². The topological polar surface area (TPSA) is 98.8 Å². The van der Waals surface area contributed by atoms with E-state index >= 15 is 0 Å². The van der Waals surface area contributed by atoms with Crippen molar-refractivity contribution in [1.29, 1.82) is 0 Å². The van der Waals surface area contributed by atoms with Gasteiger partial charge in [0, 0.05) is 17.7 Å². The molecule has 4 N–H and O–H groups in total. The average Bonchev–Trinajstić information content (AvgIpc) is 2.94. The Bertz CT molecular complexity index is 1450. The first-order valence-electron chi connectivity index (χ1n) is 13.1. The lowest BCUT2D eigenvalue weighted by atomic mass is 10.0. The molecule has 0 unspecified atom stereocenters. The van der Waals surface area contributed by atoms with E-state index in [-0.39, 0.29) is 48.4 Å². The van der Waals surface area contributed by atoms with Crippen molar-refractivity contribution in [2.75, 3.05) is 40.4 Å². The van der Waals surface area contributed by atoms with Crippen LogP contribution >= 0.6 is 53.2 Å². The molecular formula is C30H39BrCl3N3O4. The maximum atomic E-state index is 13.4. The third kappa shape index (κ3) is 8.97.